The van der Waals surface area contributed by atoms with Gasteiger partial charge in [0, 0.05) is 26.6 Å². The molecule has 2 aromatic rings. The first-order valence-electron chi connectivity index (χ1n) is 10.3. The fourth-order valence-corrected chi connectivity index (χ4v) is 3.66. The molecule has 1 saturated heterocycles. The van der Waals surface area contributed by atoms with Crippen LogP contribution >= 0.6 is 0 Å². The average Bonchev–Trinajstić information content (AvgIpc) is 3.19. The zero-order chi connectivity index (χ0) is 23.3. The molecule has 3 atom stereocenters. The molecule has 0 aliphatic carbocycles. The van der Waals surface area contributed by atoms with Crippen LogP contribution in [0.15, 0.2) is 54.6 Å². The number of benzene rings is 2. The molecule has 1 heterocycles. The highest BCUT2D eigenvalue weighted by atomic mass is 19.4. The Kier molecular flexibility index (Phi) is 7.52. The van der Waals surface area contributed by atoms with Crippen molar-refractivity contribution in [1.82, 2.24) is 15.5 Å². The Morgan fingerprint density at radius 3 is 2.34 bits per heavy atom. The number of amides is 2. The van der Waals surface area contributed by atoms with Crippen LogP contribution in [0.1, 0.15) is 23.1 Å². The first kappa shape index (κ1) is 23.7. The first-order valence-corrected chi connectivity index (χ1v) is 10.3. The lowest BCUT2D eigenvalue weighted by Crippen LogP contribution is -2.52. The van der Waals surface area contributed by atoms with Crippen molar-refractivity contribution in [2.45, 2.75) is 43.8 Å². The molecule has 0 saturated carbocycles. The summed E-state index contributed by atoms with van der Waals surface area (Å²) in [6, 6.07) is 12.3. The number of nitrogens with zero attached hydrogens (tertiary/aromatic N) is 1. The van der Waals surface area contributed by atoms with Crippen molar-refractivity contribution in [1.29, 1.82) is 0 Å². The summed E-state index contributed by atoms with van der Waals surface area (Å²) < 4.78 is 38.6. The molecular weight excluding hydrogens is 423 g/mol. The highest BCUT2D eigenvalue weighted by Crippen LogP contribution is 2.29. The van der Waals surface area contributed by atoms with E-state index in [1.54, 1.807) is 7.05 Å². The molecule has 2 amide bonds. The molecule has 1 aliphatic heterocycles. The third-order valence-electron chi connectivity index (χ3n) is 5.40. The van der Waals surface area contributed by atoms with Gasteiger partial charge in [-0.25, -0.2) is 0 Å². The SMILES string of the molecule is CN(Cc1ccccc1)C(=O)[C@H](Cc1ccc(C(F)(F)F)cc1)NC(=O)[C@@H]1C[C@@H](O)CN1. The molecule has 0 radical (unpaired) electrons. The quantitative estimate of drug-likeness (QED) is 0.605. The summed E-state index contributed by atoms with van der Waals surface area (Å²) >= 11 is 0. The van der Waals surface area contributed by atoms with Crippen molar-refractivity contribution in [3.63, 3.8) is 0 Å². The van der Waals surface area contributed by atoms with Crippen molar-refractivity contribution < 1.29 is 27.9 Å². The standard InChI is InChI=1S/C23H26F3N3O3/c1-29(14-16-5-3-2-4-6-16)22(32)20(28-21(31)19-12-18(30)13-27-19)11-15-7-9-17(10-8-15)23(24,25)26/h2-10,18-20,27,30H,11-14H2,1H3,(H,28,31)/t18-,19+,20+/m1/s1. The van der Waals surface area contributed by atoms with Gasteiger partial charge in [0.05, 0.1) is 17.7 Å². The maximum atomic E-state index is 13.2. The van der Waals surface area contributed by atoms with E-state index in [0.29, 0.717) is 12.1 Å². The van der Waals surface area contributed by atoms with Gasteiger partial charge in [-0.3, -0.25) is 9.59 Å². The van der Waals surface area contributed by atoms with Crippen molar-refractivity contribution in [3.05, 3.63) is 71.3 Å². The Labute approximate surface area is 184 Å². The maximum Gasteiger partial charge on any atom is 0.416 e. The van der Waals surface area contributed by atoms with Crippen molar-refractivity contribution in [2.75, 3.05) is 13.6 Å². The van der Waals surface area contributed by atoms with Crippen LogP contribution in [0.25, 0.3) is 0 Å². The molecule has 32 heavy (non-hydrogen) atoms. The van der Waals surface area contributed by atoms with Crippen LogP contribution in [0, 0.1) is 0 Å². The monoisotopic (exact) mass is 449 g/mol. The van der Waals surface area contributed by atoms with Crippen molar-refractivity contribution >= 4 is 11.8 Å². The molecule has 9 heteroatoms. The Balaban J connectivity index is 1.75. The van der Waals surface area contributed by atoms with Gasteiger partial charge in [-0.2, -0.15) is 13.2 Å². The highest BCUT2D eigenvalue weighted by Gasteiger charge is 2.33. The van der Waals surface area contributed by atoms with Crippen LogP contribution in [0.4, 0.5) is 13.2 Å². The van der Waals surface area contributed by atoms with E-state index in [-0.39, 0.29) is 25.3 Å². The zero-order valence-corrected chi connectivity index (χ0v) is 17.6. The molecule has 3 N–H and O–H groups in total. The fourth-order valence-electron chi connectivity index (χ4n) is 3.66. The zero-order valence-electron chi connectivity index (χ0n) is 17.6. The number of aliphatic hydroxyl groups excluding tert-OH is 1. The van der Waals surface area contributed by atoms with Gasteiger partial charge >= 0.3 is 6.18 Å². The molecule has 2 aromatic carbocycles. The minimum Gasteiger partial charge on any atom is -0.392 e. The Bertz CT molecular complexity index is 920. The molecule has 3 rings (SSSR count). The normalized spacial score (nSPS) is 19.4. The molecule has 1 fully saturated rings. The molecule has 172 valence electrons. The molecule has 0 unspecified atom stereocenters. The maximum absolute atomic E-state index is 13.2. The summed E-state index contributed by atoms with van der Waals surface area (Å²) in [6.45, 7) is 0.600. The van der Waals surface area contributed by atoms with Gasteiger partial charge in [-0.05, 0) is 29.7 Å². The number of halogens is 3. The average molecular weight is 449 g/mol. The predicted molar refractivity (Wildman–Crippen MR) is 112 cm³/mol. The lowest BCUT2D eigenvalue weighted by molar-refractivity contribution is -0.137. The summed E-state index contributed by atoms with van der Waals surface area (Å²) in [5, 5.41) is 15.3. The van der Waals surface area contributed by atoms with Crippen molar-refractivity contribution in [2.24, 2.45) is 0 Å². The second kappa shape index (κ2) is 10.1. The highest BCUT2D eigenvalue weighted by molar-refractivity contribution is 5.90. The second-order valence-electron chi connectivity index (χ2n) is 7.99. The minimum absolute atomic E-state index is 0.0388. The number of hydrogen-bond acceptors (Lipinski definition) is 4. The third-order valence-corrected chi connectivity index (χ3v) is 5.40. The van der Waals surface area contributed by atoms with Crippen LogP contribution in [-0.4, -0.2) is 53.6 Å². The lowest BCUT2D eigenvalue weighted by atomic mass is 10.0. The van der Waals surface area contributed by atoms with Gasteiger partial charge in [0.15, 0.2) is 0 Å². The predicted octanol–water partition coefficient (Wildman–Crippen LogP) is 2.11. The van der Waals surface area contributed by atoms with E-state index in [1.165, 1.54) is 17.0 Å². The third kappa shape index (κ3) is 6.30. The van der Waals surface area contributed by atoms with Gasteiger partial charge in [0.2, 0.25) is 11.8 Å². The summed E-state index contributed by atoms with van der Waals surface area (Å²) in [6.07, 6.45) is -4.83. The molecular formula is C23H26F3N3O3. The minimum atomic E-state index is -4.45. The Morgan fingerprint density at radius 1 is 1.12 bits per heavy atom. The van der Waals surface area contributed by atoms with E-state index in [9.17, 15) is 27.9 Å². The van der Waals surface area contributed by atoms with Crippen LogP contribution in [0.3, 0.4) is 0 Å². The lowest BCUT2D eigenvalue weighted by Gasteiger charge is -2.26. The summed E-state index contributed by atoms with van der Waals surface area (Å²) in [5.74, 6) is -0.791. The van der Waals surface area contributed by atoms with E-state index in [4.69, 9.17) is 0 Å². The van der Waals surface area contributed by atoms with E-state index in [0.717, 1.165) is 17.7 Å². The summed E-state index contributed by atoms with van der Waals surface area (Å²) in [7, 11) is 1.61. The first-order chi connectivity index (χ1) is 15.1. The molecule has 6 nitrogen and oxygen atoms in total. The number of nitrogens with one attached hydrogen (secondary N) is 2. The van der Waals surface area contributed by atoms with Crippen LogP contribution in [-0.2, 0) is 28.7 Å². The van der Waals surface area contributed by atoms with Crippen LogP contribution in [0.2, 0.25) is 0 Å². The Hall–Kier alpha value is -2.91. The largest absolute Gasteiger partial charge is 0.416 e. The smallest absolute Gasteiger partial charge is 0.392 e. The van der Waals surface area contributed by atoms with E-state index in [2.05, 4.69) is 10.6 Å². The molecule has 0 aromatic heterocycles. The van der Waals surface area contributed by atoms with E-state index < -0.39 is 35.8 Å². The Morgan fingerprint density at radius 2 is 1.78 bits per heavy atom. The van der Waals surface area contributed by atoms with Crippen molar-refractivity contribution in [3.8, 4) is 0 Å². The molecule has 1 aliphatic rings. The van der Waals surface area contributed by atoms with Crippen LogP contribution in [0.5, 0.6) is 0 Å². The number of β-amino-alcohol motifs (C(OH)–C–C–N with tert-alkyl or cyclic N) is 1. The van der Waals surface area contributed by atoms with Gasteiger partial charge in [-0.15, -0.1) is 0 Å². The summed E-state index contributed by atoms with van der Waals surface area (Å²) in [5.41, 5.74) is 0.617. The van der Waals surface area contributed by atoms with Gasteiger partial charge < -0.3 is 20.6 Å². The number of rotatable bonds is 7. The number of carbonyl (C=O) groups is 2. The number of likely N-dealkylation sites (N-methyl/N-ethyl adjacent to an activating group) is 1. The topological polar surface area (TPSA) is 81.7 Å². The van der Waals surface area contributed by atoms with Gasteiger partial charge in [0.1, 0.15) is 6.04 Å². The van der Waals surface area contributed by atoms with Gasteiger partial charge in [-0.1, -0.05) is 42.5 Å². The second-order valence-corrected chi connectivity index (χ2v) is 7.99. The number of carbonyl (C=O) groups excluding carboxylic acids is 2. The molecule has 0 bridgehead atoms. The number of alkyl halides is 3. The van der Waals surface area contributed by atoms with Gasteiger partial charge in [0.25, 0.3) is 0 Å². The van der Waals surface area contributed by atoms with E-state index in [1.807, 2.05) is 30.3 Å². The van der Waals surface area contributed by atoms with E-state index >= 15 is 0 Å². The number of hydrogen-bond donors (Lipinski definition) is 3. The summed E-state index contributed by atoms with van der Waals surface area (Å²) in [4.78, 5) is 27.3. The molecule has 0 spiro atoms. The fraction of sp³-hybridized carbons (Fsp3) is 0.391. The van der Waals surface area contributed by atoms with Crippen LogP contribution < -0.4 is 10.6 Å². The number of aliphatic hydroxyl groups is 1.